The Balaban J connectivity index is -0.000000213. The van der Waals surface area contributed by atoms with Crippen LogP contribution in [0.1, 0.15) is 416 Å². The van der Waals surface area contributed by atoms with E-state index in [1.165, 1.54) is 114 Å². The third-order valence-corrected chi connectivity index (χ3v) is 18.1. The van der Waals surface area contributed by atoms with E-state index in [2.05, 4.69) is 417 Å². The Morgan fingerprint density at radius 3 is 0.952 bits per heavy atom. The van der Waals surface area contributed by atoms with Crippen LogP contribution in [0.15, 0.2) is 81.5 Å². The summed E-state index contributed by atoms with van der Waals surface area (Å²) in [6, 6.07) is 0. The van der Waals surface area contributed by atoms with Crippen molar-refractivity contribution in [2.24, 2.45) is 65.0 Å². The van der Waals surface area contributed by atoms with E-state index in [9.17, 15) is 0 Å². The standard InChI is InChI=1S/C15H30.3C14H28O.3C14H28S/c1-13(12-15(5,6)7)10-8-9-11-14(2,3)4;1-12(10-14(5,6)7)11-15-9-8-13(2,3)4;1-12(10-13(2,3)4)8-9-15-11-14(5,6)7;1-12(11-13(2,3)4)9-8-10-15-14(5,6)7;1-12(10-14(5,6)7)11-15-9-8-13(2,3)4;1-12(10-13(2,3)4)8-9-15-11-14(5,6)7;1-12(11-13(2,3)4)9-8-10-15-14(5,6)7/h12H,8-11H2,1-7H3;2*10H,8-9,11H2,1-7H3;11H,8-10H2,1-7H3;2*10H,8-9,11H2,1-7H3;11H,8-10H2,1-7H3/b13-12-;2*12-10-;12-11-;2*12-10-;12-11-. The van der Waals surface area contributed by atoms with Gasteiger partial charge in [-0.05, 0) is 228 Å². The molecule has 0 aliphatic carbocycles. The number of allylic oxidation sites excluding steroid dienone is 11. The lowest BCUT2D eigenvalue weighted by Gasteiger charge is -2.19. The van der Waals surface area contributed by atoms with Gasteiger partial charge in [0.25, 0.3) is 0 Å². The normalized spacial score (nSPS) is 14.5. The molecule has 0 atom stereocenters. The van der Waals surface area contributed by atoms with Crippen molar-refractivity contribution >= 4 is 35.3 Å². The van der Waals surface area contributed by atoms with Crippen LogP contribution in [-0.4, -0.2) is 72.1 Å². The van der Waals surface area contributed by atoms with E-state index >= 15 is 0 Å². The van der Waals surface area contributed by atoms with E-state index in [0.29, 0.717) is 53.5 Å². The van der Waals surface area contributed by atoms with Crippen LogP contribution in [0.4, 0.5) is 0 Å². The smallest absolute Gasteiger partial charge is 0.0674 e. The topological polar surface area (TPSA) is 27.7 Å². The lowest BCUT2D eigenvalue weighted by Crippen LogP contribution is -2.19. The summed E-state index contributed by atoms with van der Waals surface area (Å²) < 4.78 is 17.4. The van der Waals surface area contributed by atoms with E-state index in [0.717, 1.165) is 58.7 Å². The lowest BCUT2D eigenvalue weighted by atomic mass is 9.88. The van der Waals surface area contributed by atoms with Gasteiger partial charge in [-0.25, -0.2) is 0 Å². The molecule has 3 nitrogen and oxygen atoms in total. The molecule has 0 spiro atoms. The molecular formula is C99H198O3S3. The van der Waals surface area contributed by atoms with E-state index in [4.69, 9.17) is 14.2 Å². The van der Waals surface area contributed by atoms with Crippen LogP contribution in [0.3, 0.4) is 0 Å². The minimum atomic E-state index is 0.00163. The highest BCUT2D eigenvalue weighted by Gasteiger charge is 2.17. The molecule has 105 heavy (non-hydrogen) atoms. The van der Waals surface area contributed by atoms with E-state index in [1.54, 1.807) is 5.57 Å². The molecule has 0 rings (SSSR count). The number of hydrogen-bond donors (Lipinski definition) is 0. The number of hydrogen-bond acceptors (Lipinski definition) is 6. The van der Waals surface area contributed by atoms with E-state index in [1.807, 2.05) is 0 Å². The molecule has 0 saturated heterocycles. The van der Waals surface area contributed by atoms with Crippen LogP contribution in [0.25, 0.3) is 0 Å². The predicted octanol–water partition coefficient (Wildman–Crippen LogP) is 34.6. The summed E-state index contributed by atoms with van der Waals surface area (Å²) in [5.74, 6) is 6.26. The number of rotatable bonds is 28. The summed E-state index contributed by atoms with van der Waals surface area (Å²) in [6.45, 7) is 114. The fraction of sp³-hybridized carbons (Fsp3) is 0.859. The second-order valence-electron chi connectivity index (χ2n) is 46.8. The van der Waals surface area contributed by atoms with Crippen molar-refractivity contribution in [3.8, 4) is 0 Å². The van der Waals surface area contributed by atoms with Crippen molar-refractivity contribution < 1.29 is 14.2 Å². The molecule has 0 saturated carbocycles. The first-order valence-electron chi connectivity index (χ1n) is 41.6. The Kier molecular flexibility index (Phi) is 62.1. The minimum absolute atomic E-state index is 0.00163. The van der Waals surface area contributed by atoms with Gasteiger partial charge in [-0.1, -0.05) is 358 Å². The highest BCUT2D eigenvalue weighted by atomic mass is 32.2. The van der Waals surface area contributed by atoms with Crippen LogP contribution in [-0.2, 0) is 14.2 Å². The molecule has 0 amide bonds. The average Bonchev–Trinajstić information content (AvgIpc) is 0.964. The van der Waals surface area contributed by atoms with Crippen molar-refractivity contribution in [2.45, 2.75) is 427 Å². The summed E-state index contributed by atoms with van der Waals surface area (Å²) in [5.41, 5.74) is 14.7. The van der Waals surface area contributed by atoms with Gasteiger partial charge in [-0.2, -0.15) is 35.3 Å². The molecular weight excluding hydrogens is 1330 g/mol. The van der Waals surface area contributed by atoms with Crippen molar-refractivity contribution in [1.29, 1.82) is 0 Å². The van der Waals surface area contributed by atoms with Gasteiger partial charge in [0.1, 0.15) is 0 Å². The Morgan fingerprint density at radius 2 is 0.610 bits per heavy atom. The summed E-state index contributed by atoms with van der Waals surface area (Å²) in [4.78, 5) is 0. The number of unbranched alkanes of at least 4 members (excludes halogenated alkanes) is 1. The fourth-order valence-corrected chi connectivity index (χ4v) is 14.0. The summed E-state index contributed by atoms with van der Waals surface area (Å²) in [7, 11) is 0. The number of ether oxygens (including phenoxy) is 3. The maximum absolute atomic E-state index is 5.68. The summed E-state index contributed by atoms with van der Waals surface area (Å²) in [6.07, 6.45) is 31.4. The quantitative estimate of drug-likeness (QED) is 0.0573. The van der Waals surface area contributed by atoms with Gasteiger partial charge in [0, 0.05) is 23.7 Å². The molecule has 0 aromatic carbocycles. The molecule has 0 aliphatic heterocycles. The molecule has 0 fully saturated rings. The van der Waals surface area contributed by atoms with Crippen LogP contribution in [0.5, 0.6) is 0 Å². The second kappa shape index (κ2) is 55.6. The van der Waals surface area contributed by atoms with Crippen LogP contribution in [0, 0.1) is 65.0 Å². The first-order valence-corrected chi connectivity index (χ1v) is 44.9. The Bertz CT molecular complexity index is 1880. The molecule has 6 heteroatoms. The van der Waals surface area contributed by atoms with Crippen LogP contribution >= 0.6 is 35.3 Å². The molecule has 0 aliphatic rings. The van der Waals surface area contributed by atoms with Gasteiger partial charge in [-0.15, -0.1) is 0 Å². The van der Waals surface area contributed by atoms with Crippen molar-refractivity contribution in [3.05, 3.63) is 81.5 Å². The first-order chi connectivity index (χ1) is 46.2. The largest absolute Gasteiger partial charge is 0.381 e. The Hall–Kier alpha value is -0.890. The predicted molar refractivity (Wildman–Crippen MR) is 499 cm³/mol. The molecule has 0 radical (unpaired) electrons. The first kappa shape index (κ1) is 117. The third kappa shape index (κ3) is 130. The molecule has 0 bridgehead atoms. The second-order valence-corrected chi connectivity index (χ2v) is 51.0. The minimum Gasteiger partial charge on any atom is -0.381 e. The maximum atomic E-state index is 5.68. The van der Waals surface area contributed by atoms with Crippen molar-refractivity contribution in [3.63, 3.8) is 0 Å². The lowest BCUT2D eigenvalue weighted by molar-refractivity contribution is -0.00387. The SMILES string of the molecule is C/C(=C/C(C)(C)C)CCCCC(C)(C)C.C/C(=C/C(C)(C)C)CCCOC(C)(C)C.C/C(=C/C(C)(C)C)CCCSC(C)(C)C.C/C(=C/C(C)(C)C)CCOCC(C)(C)C.C/C(=C/C(C)(C)C)CCSCC(C)(C)C.C/C(=C/C(C)(C)C)COCCC(C)(C)C.C/C(=C/C(C)(C)C)CSCCC(C)(C)C. The van der Waals surface area contributed by atoms with Crippen LogP contribution in [0.2, 0.25) is 0 Å². The van der Waals surface area contributed by atoms with Crippen LogP contribution < -0.4 is 0 Å². The van der Waals surface area contributed by atoms with Gasteiger partial charge in [0.2, 0.25) is 0 Å². The Labute approximate surface area is 679 Å². The highest BCUT2D eigenvalue weighted by Crippen LogP contribution is 2.30. The molecule has 0 heterocycles. The fourth-order valence-electron chi connectivity index (χ4n) is 10.6. The zero-order valence-electron chi connectivity index (χ0n) is 81.5. The van der Waals surface area contributed by atoms with E-state index < -0.39 is 0 Å². The zero-order chi connectivity index (χ0) is 84.8. The van der Waals surface area contributed by atoms with Gasteiger partial charge in [0.05, 0.1) is 25.4 Å². The molecule has 0 unspecified atom stereocenters. The molecule has 630 valence electrons. The molecule has 0 N–H and O–H groups in total. The Morgan fingerprint density at radius 1 is 0.267 bits per heavy atom. The number of thioether (sulfide) groups is 3. The van der Waals surface area contributed by atoms with Crippen molar-refractivity contribution in [2.75, 3.05) is 61.8 Å². The highest BCUT2D eigenvalue weighted by molar-refractivity contribution is 8.00. The van der Waals surface area contributed by atoms with Gasteiger partial charge in [-0.3, -0.25) is 0 Å². The molecule has 0 aromatic heterocycles. The zero-order valence-corrected chi connectivity index (χ0v) is 84.0. The van der Waals surface area contributed by atoms with Gasteiger partial charge in [0.15, 0.2) is 0 Å². The summed E-state index contributed by atoms with van der Waals surface area (Å²) >= 11 is 6.20. The monoisotopic (exact) mass is 1530 g/mol. The van der Waals surface area contributed by atoms with Gasteiger partial charge >= 0.3 is 0 Å². The molecule has 0 aromatic rings. The van der Waals surface area contributed by atoms with Crippen molar-refractivity contribution in [1.82, 2.24) is 0 Å². The summed E-state index contributed by atoms with van der Waals surface area (Å²) in [5, 5.41) is 0. The maximum Gasteiger partial charge on any atom is 0.0674 e. The van der Waals surface area contributed by atoms with Gasteiger partial charge < -0.3 is 14.2 Å². The van der Waals surface area contributed by atoms with E-state index in [-0.39, 0.29) is 21.8 Å². The third-order valence-electron chi connectivity index (χ3n) is 14.0. The average molecular weight is 1530 g/mol.